The van der Waals surface area contributed by atoms with Crippen molar-refractivity contribution >= 4 is 21.7 Å². The number of carbonyl (C=O) groups excluding carboxylic acids is 2. The molecule has 130 valence electrons. The van der Waals surface area contributed by atoms with E-state index >= 15 is 0 Å². The molecule has 1 saturated heterocycles. The number of amides is 2. The van der Waals surface area contributed by atoms with Gasteiger partial charge < -0.3 is 10.2 Å². The van der Waals surface area contributed by atoms with E-state index in [1.165, 1.54) is 0 Å². The van der Waals surface area contributed by atoms with Crippen molar-refractivity contribution in [2.45, 2.75) is 38.3 Å². The van der Waals surface area contributed by atoms with Gasteiger partial charge in [0.1, 0.15) is 0 Å². The predicted molar refractivity (Wildman–Crippen MR) is 90.7 cm³/mol. The van der Waals surface area contributed by atoms with Crippen LogP contribution in [0.15, 0.2) is 24.3 Å². The highest BCUT2D eigenvalue weighted by Gasteiger charge is 2.34. The SMILES string of the molecule is CCN(C(=O)c1ccc(C(=O)NC2CC2)cc1)C1CCS(=O)(=O)C1. The Kier molecular flexibility index (Phi) is 4.62. The van der Waals surface area contributed by atoms with Crippen molar-refractivity contribution in [1.82, 2.24) is 10.2 Å². The van der Waals surface area contributed by atoms with Crippen LogP contribution in [0.25, 0.3) is 0 Å². The second-order valence-electron chi connectivity index (χ2n) is 6.47. The maximum Gasteiger partial charge on any atom is 0.254 e. The molecule has 1 aromatic carbocycles. The minimum Gasteiger partial charge on any atom is -0.349 e. The molecule has 0 bridgehead atoms. The topological polar surface area (TPSA) is 83.6 Å². The maximum atomic E-state index is 12.7. The summed E-state index contributed by atoms with van der Waals surface area (Å²) in [6, 6.07) is 6.59. The lowest BCUT2D eigenvalue weighted by atomic mass is 10.1. The summed E-state index contributed by atoms with van der Waals surface area (Å²) in [5, 5.41) is 2.91. The molecule has 24 heavy (non-hydrogen) atoms. The fourth-order valence-corrected chi connectivity index (χ4v) is 4.75. The molecule has 1 unspecified atom stereocenters. The molecule has 6 nitrogen and oxygen atoms in total. The summed E-state index contributed by atoms with van der Waals surface area (Å²) in [6.45, 7) is 2.31. The molecule has 1 atom stereocenters. The van der Waals surface area contributed by atoms with Crippen LogP contribution >= 0.6 is 0 Å². The zero-order valence-electron chi connectivity index (χ0n) is 13.7. The molecule has 1 saturated carbocycles. The van der Waals surface area contributed by atoms with Crippen molar-refractivity contribution < 1.29 is 18.0 Å². The summed E-state index contributed by atoms with van der Waals surface area (Å²) in [5.41, 5.74) is 1.01. The lowest BCUT2D eigenvalue weighted by Gasteiger charge is -2.27. The van der Waals surface area contributed by atoms with E-state index in [1.54, 1.807) is 29.2 Å². The van der Waals surface area contributed by atoms with Crippen molar-refractivity contribution in [1.29, 1.82) is 0 Å². The Balaban J connectivity index is 1.70. The van der Waals surface area contributed by atoms with Gasteiger partial charge in [-0.25, -0.2) is 8.42 Å². The first-order valence-corrected chi connectivity index (χ1v) is 10.1. The number of hydrogen-bond acceptors (Lipinski definition) is 4. The normalized spacial score (nSPS) is 22.1. The third kappa shape index (κ3) is 3.77. The summed E-state index contributed by atoms with van der Waals surface area (Å²) in [7, 11) is -3.04. The van der Waals surface area contributed by atoms with E-state index < -0.39 is 9.84 Å². The van der Waals surface area contributed by atoms with Gasteiger partial charge in [-0.3, -0.25) is 9.59 Å². The van der Waals surface area contributed by atoms with Gasteiger partial charge in [-0.05, 0) is 50.5 Å². The smallest absolute Gasteiger partial charge is 0.254 e. The Hall–Kier alpha value is -1.89. The van der Waals surface area contributed by atoms with Crippen LogP contribution in [0.4, 0.5) is 0 Å². The molecule has 0 spiro atoms. The summed E-state index contributed by atoms with van der Waals surface area (Å²) in [4.78, 5) is 26.3. The number of carbonyl (C=O) groups is 2. The zero-order chi connectivity index (χ0) is 17.3. The van der Waals surface area contributed by atoms with Crippen LogP contribution in [-0.4, -0.2) is 55.3 Å². The molecule has 2 fully saturated rings. The third-order valence-corrected chi connectivity index (χ3v) is 6.31. The number of nitrogens with zero attached hydrogens (tertiary/aromatic N) is 1. The standard InChI is InChI=1S/C17H22N2O4S/c1-2-19(15-9-10-24(22,23)11-15)17(21)13-5-3-12(4-6-13)16(20)18-14-7-8-14/h3-6,14-15H,2,7-11H2,1H3,(H,18,20). The van der Waals surface area contributed by atoms with E-state index in [2.05, 4.69) is 5.32 Å². The highest BCUT2D eigenvalue weighted by atomic mass is 32.2. The maximum absolute atomic E-state index is 12.7. The van der Waals surface area contributed by atoms with Crippen molar-refractivity contribution in [3.05, 3.63) is 35.4 Å². The van der Waals surface area contributed by atoms with Gasteiger partial charge in [-0.1, -0.05) is 0 Å². The first kappa shape index (κ1) is 17.0. The number of sulfone groups is 1. The molecule has 1 N–H and O–H groups in total. The second-order valence-corrected chi connectivity index (χ2v) is 8.70. The number of nitrogens with one attached hydrogen (secondary N) is 1. The van der Waals surface area contributed by atoms with Crippen LogP contribution in [0.1, 0.15) is 46.9 Å². The lowest BCUT2D eigenvalue weighted by Crippen LogP contribution is -2.41. The molecule has 7 heteroatoms. The molecule has 0 aromatic heterocycles. The molecule has 2 amide bonds. The van der Waals surface area contributed by atoms with Crippen LogP contribution in [0.3, 0.4) is 0 Å². The molecule has 2 aliphatic rings. The molecule has 3 rings (SSSR count). The van der Waals surface area contributed by atoms with Gasteiger partial charge in [0.2, 0.25) is 0 Å². The fourth-order valence-electron chi connectivity index (χ4n) is 3.02. The highest BCUT2D eigenvalue weighted by molar-refractivity contribution is 7.91. The van der Waals surface area contributed by atoms with Crippen molar-refractivity contribution in [3.63, 3.8) is 0 Å². The quantitative estimate of drug-likeness (QED) is 0.866. The van der Waals surface area contributed by atoms with Gasteiger partial charge in [0.25, 0.3) is 11.8 Å². The van der Waals surface area contributed by atoms with Crippen LogP contribution in [0.2, 0.25) is 0 Å². The van der Waals surface area contributed by atoms with Crippen molar-refractivity contribution in [3.8, 4) is 0 Å². The van der Waals surface area contributed by atoms with Crippen LogP contribution < -0.4 is 5.32 Å². The Morgan fingerprint density at radius 3 is 2.25 bits per heavy atom. The molecule has 1 aliphatic carbocycles. The first-order chi connectivity index (χ1) is 11.4. The summed E-state index contributed by atoms with van der Waals surface area (Å²) >= 11 is 0. The molecular weight excluding hydrogens is 328 g/mol. The predicted octanol–water partition coefficient (Wildman–Crippen LogP) is 1.23. The zero-order valence-corrected chi connectivity index (χ0v) is 14.5. The molecule has 1 heterocycles. The minimum absolute atomic E-state index is 0.0362. The van der Waals surface area contributed by atoms with E-state index in [9.17, 15) is 18.0 Å². The van der Waals surface area contributed by atoms with E-state index in [1.807, 2.05) is 6.92 Å². The van der Waals surface area contributed by atoms with E-state index in [0.717, 1.165) is 12.8 Å². The van der Waals surface area contributed by atoms with Gasteiger partial charge in [-0.15, -0.1) is 0 Å². The molecule has 1 aliphatic heterocycles. The second kappa shape index (κ2) is 6.55. The number of rotatable bonds is 5. The van der Waals surface area contributed by atoms with Crippen molar-refractivity contribution in [2.24, 2.45) is 0 Å². The van der Waals surface area contributed by atoms with Gasteiger partial charge in [0.15, 0.2) is 9.84 Å². The summed E-state index contributed by atoms with van der Waals surface area (Å²) in [6.07, 6.45) is 2.54. The van der Waals surface area contributed by atoms with E-state index in [4.69, 9.17) is 0 Å². The highest BCUT2D eigenvalue weighted by Crippen LogP contribution is 2.21. The Morgan fingerprint density at radius 2 is 1.75 bits per heavy atom. The van der Waals surface area contributed by atoms with Gasteiger partial charge in [0, 0.05) is 29.8 Å². The Morgan fingerprint density at radius 1 is 1.12 bits per heavy atom. The monoisotopic (exact) mass is 350 g/mol. The van der Waals surface area contributed by atoms with Crippen molar-refractivity contribution in [2.75, 3.05) is 18.1 Å². The van der Waals surface area contributed by atoms with Crippen LogP contribution in [-0.2, 0) is 9.84 Å². The fraction of sp³-hybridized carbons (Fsp3) is 0.529. The number of hydrogen-bond donors (Lipinski definition) is 1. The van der Waals surface area contributed by atoms with E-state index in [-0.39, 0.29) is 29.4 Å². The molecule has 1 aromatic rings. The molecular formula is C17H22N2O4S. The number of benzene rings is 1. The summed E-state index contributed by atoms with van der Waals surface area (Å²) in [5.74, 6) is -0.129. The lowest BCUT2D eigenvalue weighted by molar-refractivity contribution is 0.0708. The third-order valence-electron chi connectivity index (χ3n) is 4.56. The van der Waals surface area contributed by atoms with E-state index in [0.29, 0.717) is 30.1 Å². The van der Waals surface area contributed by atoms with Gasteiger partial charge in [0.05, 0.1) is 11.5 Å². The van der Waals surface area contributed by atoms with Gasteiger partial charge >= 0.3 is 0 Å². The average molecular weight is 350 g/mol. The Bertz CT molecular complexity index is 738. The van der Waals surface area contributed by atoms with Crippen LogP contribution in [0, 0.1) is 0 Å². The average Bonchev–Trinajstić information content (AvgIpc) is 3.30. The van der Waals surface area contributed by atoms with Crippen LogP contribution in [0.5, 0.6) is 0 Å². The minimum atomic E-state index is -3.04. The largest absolute Gasteiger partial charge is 0.349 e. The summed E-state index contributed by atoms with van der Waals surface area (Å²) < 4.78 is 23.3. The van der Waals surface area contributed by atoms with Gasteiger partial charge in [-0.2, -0.15) is 0 Å². The first-order valence-electron chi connectivity index (χ1n) is 8.32. The molecule has 0 radical (unpaired) electrons. The Labute approximate surface area is 142 Å².